The fourth-order valence-corrected chi connectivity index (χ4v) is 4.40. The zero-order chi connectivity index (χ0) is 23.5. The average Bonchev–Trinajstić information content (AvgIpc) is 3.33. The number of hydrogen-bond donors (Lipinski definition) is 1. The highest BCUT2D eigenvalue weighted by Gasteiger charge is 2.27. The minimum Gasteiger partial charge on any atom is -0.497 e. The predicted molar refractivity (Wildman–Crippen MR) is 128 cm³/mol. The van der Waals surface area contributed by atoms with Gasteiger partial charge in [0.05, 0.1) is 12.8 Å². The topological polar surface area (TPSA) is 71.8 Å². The van der Waals surface area contributed by atoms with Crippen molar-refractivity contribution in [2.75, 3.05) is 25.1 Å². The molecule has 2 aromatic carbocycles. The first-order valence-corrected chi connectivity index (χ1v) is 11.4. The Bertz CT molecular complexity index is 1310. The fourth-order valence-electron chi connectivity index (χ4n) is 4.40. The molecule has 1 fully saturated rings. The number of fused-ring (bicyclic) bond motifs is 1. The summed E-state index contributed by atoms with van der Waals surface area (Å²) in [5, 5.41) is 7.60. The Balaban J connectivity index is 1.27. The van der Waals surface area contributed by atoms with Crippen LogP contribution in [0.5, 0.6) is 5.75 Å². The number of nitrogens with one attached hydrogen (secondary N) is 1. The molecule has 0 radical (unpaired) electrons. The van der Waals surface area contributed by atoms with Crippen LogP contribution in [0.15, 0.2) is 67.0 Å². The van der Waals surface area contributed by atoms with E-state index in [0.29, 0.717) is 31.5 Å². The van der Waals surface area contributed by atoms with Crippen LogP contribution in [-0.4, -0.2) is 40.7 Å². The van der Waals surface area contributed by atoms with Crippen molar-refractivity contribution < 1.29 is 13.9 Å². The number of methoxy groups -OCH3 is 1. The van der Waals surface area contributed by atoms with Gasteiger partial charge in [-0.3, -0.25) is 4.79 Å². The third-order valence-electron chi connectivity index (χ3n) is 6.31. The van der Waals surface area contributed by atoms with Crippen LogP contribution in [0.2, 0.25) is 0 Å². The molecule has 8 heteroatoms. The number of piperidine rings is 1. The number of amides is 1. The average molecular weight is 460 g/mol. The number of rotatable bonds is 6. The van der Waals surface area contributed by atoms with Gasteiger partial charge in [0.25, 0.3) is 0 Å². The molecule has 0 saturated carbocycles. The van der Waals surface area contributed by atoms with Crippen LogP contribution < -0.4 is 15.0 Å². The molecule has 1 amide bonds. The Morgan fingerprint density at radius 3 is 2.76 bits per heavy atom. The number of carbonyl (C=O) groups is 1. The lowest BCUT2D eigenvalue weighted by atomic mass is 9.95. The van der Waals surface area contributed by atoms with Crippen molar-refractivity contribution in [1.29, 1.82) is 0 Å². The molecule has 4 aromatic rings. The molecule has 0 unspecified atom stereocenters. The highest BCUT2D eigenvalue weighted by Crippen LogP contribution is 2.29. The molecular weight excluding hydrogens is 433 g/mol. The summed E-state index contributed by atoms with van der Waals surface area (Å²) in [6, 6.07) is 16.4. The third-order valence-corrected chi connectivity index (χ3v) is 6.31. The Labute approximate surface area is 197 Å². The maximum atomic E-state index is 13.8. The van der Waals surface area contributed by atoms with Crippen molar-refractivity contribution >= 4 is 17.2 Å². The lowest BCUT2D eigenvalue weighted by Gasteiger charge is -2.32. The summed E-state index contributed by atoms with van der Waals surface area (Å²) in [5.74, 6) is 1.21. The third kappa shape index (κ3) is 4.44. The summed E-state index contributed by atoms with van der Waals surface area (Å²) < 4.78 is 21.0. The lowest BCUT2D eigenvalue weighted by molar-refractivity contribution is -0.125. The summed E-state index contributed by atoms with van der Waals surface area (Å²) in [7, 11) is 1.65. The van der Waals surface area contributed by atoms with Gasteiger partial charge >= 0.3 is 0 Å². The summed E-state index contributed by atoms with van der Waals surface area (Å²) in [6.45, 7) is 1.63. The van der Waals surface area contributed by atoms with E-state index in [-0.39, 0.29) is 24.2 Å². The van der Waals surface area contributed by atoms with Crippen molar-refractivity contribution in [3.63, 3.8) is 0 Å². The van der Waals surface area contributed by atoms with Gasteiger partial charge in [0.15, 0.2) is 5.82 Å². The fraction of sp³-hybridized carbons (Fsp3) is 0.269. The molecule has 1 aliphatic rings. The van der Waals surface area contributed by atoms with E-state index in [4.69, 9.17) is 9.84 Å². The second kappa shape index (κ2) is 9.51. The first kappa shape index (κ1) is 21.9. The molecule has 174 valence electrons. The normalized spacial score (nSPS) is 14.4. The predicted octanol–water partition coefficient (Wildman–Crippen LogP) is 4.08. The zero-order valence-electron chi connectivity index (χ0n) is 18.9. The van der Waals surface area contributed by atoms with Crippen molar-refractivity contribution in [3.8, 4) is 17.0 Å². The molecule has 2 aromatic heterocycles. The molecule has 0 bridgehead atoms. The Hall–Kier alpha value is -3.94. The van der Waals surface area contributed by atoms with E-state index < -0.39 is 0 Å². The van der Waals surface area contributed by atoms with Gasteiger partial charge in [0, 0.05) is 49.1 Å². The second-order valence-electron chi connectivity index (χ2n) is 8.41. The van der Waals surface area contributed by atoms with Crippen molar-refractivity contribution in [2.24, 2.45) is 5.92 Å². The second-order valence-corrected chi connectivity index (χ2v) is 8.41. The van der Waals surface area contributed by atoms with E-state index in [1.165, 1.54) is 6.07 Å². The number of carbonyl (C=O) groups excluding carboxylic acids is 1. The summed E-state index contributed by atoms with van der Waals surface area (Å²) in [4.78, 5) is 19.5. The molecule has 34 heavy (non-hydrogen) atoms. The van der Waals surface area contributed by atoms with Gasteiger partial charge in [0.2, 0.25) is 5.91 Å². The number of anilines is 1. The minimum absolute atomic E-state index is 0.0289. The van der Waals surface area contributed by atoms with Crippen molar-refractivity contribution in [3.05, 3.63) is 78.4 Å². The quantitative estimate of drug-likeness (QED) is 0.471. The van der Waals surface area contributed by atoms with Crippen LogP contribution in [-0.2, 0) is 11.3 Å². The van der Waals surface area contributed by atoms with Gasteiger partial charge in [-0.15, -0.1) is 0 Å². The van der Waals surface area contributed by atoms with Crippen LogP contribution in [0.3, 0.4) is 0 Å². The molecule has 1 aliphatic heterocycles. The standard InChI is InChI=1S/C26H26FN5O2/c1-34-21-7-4-6-19(15-21)23-16-24-25(28-11-14-32(24)30-23)31-12-9-18(10-13-31)26(33)29-17-20-5-2-3-8-22(20)27/h2-8,11,14-16,18H,9-10,12-13,17H2,1H3,(H,29,33). The van der Waals surface area contributed by atoms with E-state index in [2.05, 4.69) is 15.2 Å². The molecular formula is C26H26FN5O2. The smallest absolute Gasteiger partial charge is 0.223 e. The maximum Gasteiger partial charge on any atom is 0.223 e. The van der Waals surface area contributed by atoms with E-state index in [0.717, 1.165) is 28.3 Å². The molecule has 1 N–H and O–H groups in total. The minimum atomic E-state index is -0.300. The Morgan fingerprint density at radius 1 is 1.15 bits per heavy atom. The van der Waals surface area contributed by atoms with Crippen molar-refractivity contribution in [2.45, 2.75) is 19.4 Å². The van der Waals surface area contributed by atoms with E-state index in [1.807, 2.05) is 41.0 Å². The Morgan fingerprint density at radius 2 is 1.97 bits per heavy atom. The Kier molecular flexibility index (Phi) is 6.12. The number of benzene rings is 2. The van der Waals surface area contributed by atoms with Gasteiger partial charge in [-0.2, -0.15) is 5.10 Å². The van der Waals surface area contributed by atoms with Crippen LogP contribution in [0.4, 0.5) is 10.2 Å². The molecule has 0 atom stereocenters. The van der Waals surface area contributed by atoms with Gasteiger partial charge in [0.1, 0.15) is 17.1 Å². The summed E-state index contributed by atoms with van der Waals surface area (Å²) in [6.07, 6.45) is 5.01. The van der Waals surface area contributed by atoms with E-state index in [9.17, 15) is 9.18 Å². The van der Waals surface area contributed by atoms with Gasteiger partial charge in [-0.1, -0.05) is 30.3 Å². The molecule has 0 spiro atoms. The first-order chi connectivity index (χ1) is 16.6. The molecule has 1 saturated heterocycles. The van der Waals surface area contributed by atoms with Gasteiger partial charge < -0.3 is 15.0 Å². The lowest BCUT2D eigenvalue weighted by Crippen LogP contribution is -2.40. The van der Waals surface area contributed by atoms with Crippen molar-refractivity contribution in [1.82, 2.24) is 19.9 Å². The molecule has 5 rings (SSSR count). The number of aromatic nitrogens is 3. The van der Waals surface area contributed by atoms with Crippen LogP contribution in [0.1, 0.15) is 18.4 Å². The number of hydrogen-bond acceptors (Lipinski definition) is 5. The van der Waals surface area contributed by atoms with Gasteiger partial charge in [-0.25, -0.2) is 13.9 Å². The number of ether oxygens (including phenoxy) is 1. The van der Waals surface area contributed by atoms with E-state index >= 15 is 0 Å². The van der Waals surface area contributed by atoms with Gasteiger partial charge in [-0.05, 0) is 37.1 Å². The zero-order valence-corrected chi connectivity index (χ0v) is 18.9. The molecule has 3 heterocycles. The number of nitrogens with zero attached hydrogens (tertiary/aromatic N) is 4. The number of halogens is 1. The largest absolute Gasteiger partial charge is 0.497 e. The molecule has 7 nitrogen and oxygen atoms in total. The summed E-state index contributed by atoms with van der Waals surface area (Å²) >= 11 is 0. The molecule has 0 aliphatic carbocycles. The van der Waals surface area contributed by atoms with Crippen LogP contribution in [0, 0.1) is 11.7 Å². The monoisotopic (exact) mass is 459 g/mol. The van der Waals surface area contributed by atoms with Crippen LogP contribution >= 0.6 is 0 Å². The van der Waals surface area contributed by atoms with E-state index in [1.54, 1.807) is 31.5 Å². The first-order valence-electron chi connectivity index (χ1n) is 11.4. The highest BCUT2D eigenvalue weighted by atomic mass is 19.1. The summed E-state index contributed by atoms with van der Waals surface area (Å²) in [5.41, 5.74) is 3.23. The SMILES string of the molecule is COc1cccc(-c2cc3c(N4CCC(C(=O)NCc5ccccc5F)CC4)nccn3n2)c1. The highest BCUT2D eigenvalue weighted by molar-refractivity contribution is 5.80. The van der Waals surface area contributed by atoms with Crippen LogP contribution in [0.25, 0.3) is 16.8 Å². The maximum absolute atomic E-state index is 13.8.